The van der Waals surface area contributed by atoms with E-state index in [0.717, 1.165) is 32.2 Å². The Balaban J connectivity index is 2.84. The molecule has 0 spiro atoms. The van der Waals surface area contributed by atoms with E-state index in [1.54, 1.807) is 19.2 Å². The molecule has 0 bridgehead atoms. The van der Waals surface area contributed by atoms with Gasteiger partial charge in [0.15, 0.2) is 0 Å². The summed E-state index contributed by atoms with van der Waals surface area (Å²) >= 11 is 0. The lowest BCUT2D eigenvalue weighted by atomic mass is 10.1. The fourth-order valence-electron chi connectivity index (χ4n) is 2.46. The maximum absolute atomic E-state index is 12.6. The van der Waals surface area contributed by atoms with E-state index in [4.69, 9.17) is 0 Å². The minimum atomic E-state index is -3.38. The number of nitrogens with one attached hydrogen (secondary N) is 1. The van der Waals surface area contributed by atoms with E-state index < -0.39 is 10.0 Å². The lowest BCUT2D eigenvalue weighted by Crippen LogP contribution is -2.36. The lowest BCUT2D eigenvalue weighted by molar-refractivity contribution is 0.349. The molecule has 0 fully saturated rings. The number of hydrogen-bond acceptors (Lipinski definition) is 3. The van der Waals surface area contributed by atoms with Crippen molar-refractivity contribution in [2.24, 2.45) is 0 Å². The number of sulfonamides is 1. The van der Waals surface area contributed by atoms with E-state index in [1.807, 2.05) is 33.0 Å². The molecule has 1 aromatic rings. The highest BCUT2D eigenvalue weighted by molar-refractivity contribution is 7.89. The first-order chi connectivity index (χ1) is 9.97. The Morgan fingerprint density at radius 2 is 1.71 bits per heavy atom. The van der Waals surface area contributed by atoms with Crippen molar-refractivity contribution in [3.8, 4) is 0 Å². The van der Waals surface area contributed by atoms with Gasteiger partial charge in [-0.05, 0) is 57.0 Å². The number of nitrogens with zero attached hydrogens (tertiary/aromatic N) is 1. The summed E-state index contributed by atoms with van der Waals surface area (Å²) in [5, 5.41) is 3.11. The van der Waals surface area contributed by atoms with E-state index in [-0.39, 0.29) is 6.04 Å². The number of rotatable bonds is 9. The first kappa shape index (κ1) is 18.1. The zero-order chi connectivity index (χ0) is 15.9. The van der Waals surface area contributed by atoms with Crippen LogP contribution in [0.4, 0.5) is 0 Å². The Bertz CT molecular complexity index is 508. The number of aryl methyl sites for hydroxylation is 1. The minimum absolute atomic E-state index is 0.0605. The van der Waals surface area contributed by atoms with Gasteiger partial charge in [0.2, 0.25) is 10.0 Å². The molecule has 1 N–H and O–H groups in total. The van der Waals surface area contributed by atoms with Gasteiger partial charge in [-0.15, -0.1) is 0 Å². The number of hydrogen-bond donors (Lipinski definition) is 1. The van der Waals surface area contributed by atoms with Gasteiger partial charge in [0, 0.05) is 13.1 Å². The van der Waals surface area contributed by atoms with Crippen LogP contribution in [-0.4, -0.2) is 39.4 Å². The minimum Gasteiger partial charge on any atom is -0.320 e. The SMILES string of the molecule is CCC(CC)N(C)S(=O)(=O)c1ccc(CCCNC)cc1. The summed E-state index contributed by atoms with van der Waals surface area (Å²) in [6, 6.07) is 7.35. The molecule has 0 radical (unpaired) electrons. The van der Waals surface area contributed by atoms with Crippen LogP contribution in [0.1, 0.15) is 38.7 Å². The van der Waals surface area contributed by atoms with Gasteiger partial charge < -0.3 is 5.32 Å². The molecule has 0 aliphatic rings. The van der Waals surface area contributed by atoms with Gasteiger partial charge >= 0.3 is 0 Å². The Kier molecular flexibility index (Phi) is 7.35. The van der Waals surface area contributed by atoms with Gasteiger partial charge in [-0.3, -0.25) is 0 Å². The molecule has 1 rings (SSSR count). The Morgan fingerprint density at radius 3 is 2.19 bits per heavy atom. The third-order valence-electron chi connectivity index (χ3n) is 3.95. The highest BCUT2D eigenvalue weighted by Gasteiger charge is 2.25. The molecule has 5 heteroatoms. The Labute approximate surface area is 129 Å². The maximum Gasteiger partial charge on any atom is 0.243 e. The monoisotopic (exact) mass is 312 g/mol. The van der Waals surface area contributed by atoms with Crippen molar-refractivity contribution < 1.29 is 8.42 Å². The molecular formula is C16H28N2O2S. The quantitative estimate of drug-likeness (QED) is 0.713. The van der Waals surface area contributed by atoms with Gasteiger partial charge in [-0.1, -0.05) is 26.0 Å². The first-order valence-electron chi connectivity index (χ1n) is 7.68. The third-order valence-corrected chi connectivity index (χ3v) is 5.87. The maximum atomic E-state index is 12.6. The molecule has 0 saturated heterocycles. The fraction of sp³-hybridized carbons (Fsp3) is 0.625. The summed E-state index contributed by atoms with van der Waals surface area (Å²) in [6.45, 7) is 5.01. The van der Waals surface area contributed by atoms with Crippen LogP contribution < -0.4 is 5.32 Å². The van der Waals surface area contributed by atoms with Gasteiger partial charge in [0.1, 0.15) is 0 Å². The molecule has 0 aromatic heterocycles. The van der Waals surface area contributed by atoms with Crippen LogP contribution in [-0.2, 0) is 16.4 Å². The Morgan fingerprint density at radius 1 is 1.14 bits per heavy atom. The van der Waals surface area contributed by atoms with Crippen LogP contribution in [0.15, 0.2) is 29.2 Å². The summed E-state index contributed by atoms with van der Waals surface area (Å²) in [4.78, 5) is 0.384. The molecule has 0 unspecified atom stereocenters. The summed E-state index contributed by atoms with van der Waals surface area (Å²) < 4.78 is 26.7. The fourth-order valence-corrected chi connectivity index (χ4v) is 3.97. The summed E-state index contributed by atoms with van der Waals surface area (Å²) in [5.41, 5.74) is 1.18. The van der Waals surface area contributed by atoms with Crippen molar-refractivity contribution in [2.45, 2.75) is 50.5 Å². The second-order valence-corrected chi connectivity index (χ2v) is 7.34. The van der Waals surface area contributed by atoms with E-state index >= 15 is 0 Å². The lowest BCUT2D eigenvalue weighted by Gasteiger charge is -2.25. The zero-order valence-corrected chi connectivity index (χ0v) is 14.4. The van der Waals surface area contributed by atoms with Crippen molar-refractivity contribution >= 4 is 10.0 Å². The standard InChI is InChI=1S/C16H28N2O2S/c1-5-15(6-2)18(4)21(19,20)16-11-9-14(10-12-16)8-7-13-17-3/h9-12,15,17H,5-8,13H2,1-4H3. The average molecular weight is 312 g/mol. The molecule has 0 heterocycles. The van der Waals surface area contributed by atoms with E-state index in [9.17, 15) is 8.42 Å². The highest BCUT2D eigenvalue weighted by atomic mass is 32.2. The van der Waals surface area contributed by atoms with E-state index in [1.165, 1.54) is 9.87 Å². The van der Waals surface area contributed by atoms with Crippen molar-refractivity contribution in [2.75, 3.05) is 20.6 Å². The smallest absolute Gasteiger partial charge is 0.243 e. The molecule has 120 valence electrons. The van der Waals surface area contributed by atoms with Gasteiger partial charge in [-0.25, -0.2) is 8.42 Å². The van der Waals surface area contributed by atoms with Crippen LogP contribution in [0.3, 0.4) is 0 Å². The van der Waals surface area contributed by atoms with Crippen LogP contribution >= 0.6 is 0 Å². The van der Waals surface area contributed by atoms with Crippen LogP contribution in [0.25, 0.3) is 0 Å². The van der Waals surface area contributed by atoms with Gasteiger partial charge in [0.25, 0.3) is 0 Å². The summed E-state index contributed by atoms with van der Waals surface area (Å²) in [6.07, 6.45) is 3.67. The number of benzene rings is 1. The normalized spacial score (nSPS) is 12.3. The molecule has 4 nitrogen and oxygen atoms in total. The third kappa shape index (κ3) is 4.80. The van der Waals surface area contributed by atoms with Crippen LogP contribution in [0.5, 0.6) is 0 Å². The zero-order valence-electron chi connectivity index (χ0n) is 13.6. The second kappa shape index (κ2) is 8.51. The van der Waals surface area contributed by atoms with Crippen molar-refractivity contribution in [1.29, 1.82) is 0 Å². The van der Waals surface area contributed by atoms with Crippen LogP contribution in [0.2, 0.25) is 0 Å². The van der Waals surface area contributed by atoms with Crippen molar-refractivity contribution in [3.63, 3.8) is 0 Å². The average Bonchev–Trinajstić information content (AvgIpc) is 2.49. The molecule has 21 heavy (non-hydrogen) atoms. The molecule has 0 saturated carbocycles. The topological polar surface area (TPSA) is 49.4 Å². The molecule has 0 aliphatic carbocycles. The molecule has 0 atom stereocenters. The second-order valence-electron chi connectivity index (χ2n) is 5.34. The van der Waals surface area contributed by atoms with Crippen LogP contribution in [0, 0.1) is 0 Å². The van der Waals surface area contributed by atoms with Crippen molar-refractivity contribution in [3.05, 3.63) is 29.8 Å². The van der Waals surface area contributed by atoms with E-state index in [2.05, 4.69) is 5.32 Å². The van der Waals surface area contributed by atoms with Gasteiger partial charge in [-0.2, -0.15) is 4.31 Å². The van der Waals surface area contributed by atoms with Crippen molar-refractivity contribution in [1.82, 2.24) is 9.62 Å². The van der Waals surface area contributed by atoms with E-state index in [0.29, 0.717) is 4.90 Å². The van der Waals surface area contributed by atoms with Gasteiger partial charge in [0.05, 0.1) is 4.90 Å². The molecule has 0 aliphatic heterocycles. The summed E-state index contributed by atoms with van der Waals surface area (Å²) in [5.74, 6) is 0. The molecular weight excluding hydrogens is 284 g/mol. The molecule has 0 amide bonds. The predicted octanol–water partition coefficient (Wildman–Crippen LogP) is 2.65. The first-order valence-corrected chi connectivity index (χ1v) is 9.12. The summed E-state index contributed by atoms with van der Waals surface area (Å²) in [7, 11) is 0.225. The predicted molar refractivity (Wildman–Crippen MR) is 88.0 cm³/mol. The Hall–Kier alpha value is -0.910. The highest BCUT2D eigenvalue weighted by Crippen LogP contribution is 2.20. The molecule has 1 aromatic carbocycles. The largest absolute Gasteiger partial charge is 0.320 e.